The zero-order valence-electron chi connectivity index (χ0n) is 11.7. The van der Waals surface area contributed by atoms with E-state index < -0.39 is 10.0 Å². The van der Waals surface area contributed by atoms with E-state index in [2.05, 4.69) is 0 Å². The second-order valence-electron chi connectivity index (χ2n) is 5.47. The van der Waals surface area contributed by atoms with Gasteiger partial charge in [-0.2, -0.15) is 0 Å². The minimum Gasteiger partial charge on any atom is -0.394 e. The number of benzene rings is 1. The first-order valence-corrected chi connectivity index (χ1v) is 8.55. The SMILES string of the molecule is NS(=O)(=O)CC1CC(=O)N(C(CO)Cc2ccccc2)C1. The minimum absolute atomic E-state index is 0.126. The Morgan fingerprint density at radius 1 is 1.33 bits per heavy atom. The summed E-state index contributed by atoms with van der Waals surface area (Å²) in [4.78, 5) is 13.6. The normalized spacial score (nSPS) is 20.8. The Labute approximate surface area is 124 Å². The molecule has 0 aromatic heterocycles. The molecular formula is C14H20N2O4S. The fourth-order valence-corrected chi connectivity index (χ4v) is 3.64. The van der Waals surface area contributed by atoms with Crippen LogP contribution in [0.2, 0.25) is 0 Å². The summed E-state index contributed by atoms with van der Waals surface area (Å²) in [6.07, 6.45) is 0.715. The number of likely N-dealkylation sites (tertiary alicyclic amines) is 1. The summed E-state index contributed by atoms with van der Waals surface area (Å²) in [7, 11) is -3.59. The number of carbonyl (C=O) groups excluding carboxylic acids is 1. The number of hydrogen-bond donors (Lipinski definition) is 2. The molecule has 1 heterocycles. The zero-order valence-corrected chi connectivity index (χ0v) is 12.5. The van der Waals surface area contributed by atoms with Gasteiger partial charge in [-0.05, 0) is 12.0 Å². The summed E-state index contributed by atoms with van der Waals surface area (Å²) in [6, 6.07) is 9.25. The van der Waals surface area contributed by atoms with Gasteiger partial charge in [0.1, 0.15) is 0 Å². The van der Waals surface area contributed by atoms with Crippen LogP contribution in [0, 0.1) is 5.92 Å². The molecule has 0 aliphatic carbocycles. The summed E-state index contributed by atoms with van der Waals surface area (Å²) in [6.45, 7) is 0.177. The maximum absolute atomic E-state index is 12.0. The molecule has 1 aliphatic heterocycles. The standard InChI is InChI=1S/C14H20N2O4S/c15-21(19,20)10-12-7-14(18)16(8-12)13(9-17)6-11-4-2-1-3-5-11/h1-5,12-13,17H,6-10H2,(H2,15,19,20). The van der Waals surface area contributed by atoms with Crippen LogP contribution in [0.3, 0.4) is 0 Å². The van der Waals surface area contributed by atoms with E-state index in [4.69, 9.17) is 5.14 Å². The van der Waals surface area contributed by atoms with Gasteiger partial charge in [0.25, 0.3) is 0 Å². The van der Waals surface area contributed by atoms with E-state index >= 15 is 0 Å². The van der Waals surface area contributed by atoms with Gasteiger partial charge in [0, 0.05) is 18.9 Å². The van der Waals surface area contributed by atoms with Gasteiger partial charge in [0.05, 0.1) is 18.4 Å². The molecule has 1 aromatic rings. The lowest BCUT2D eigenvalue weighted by molar-refractivity contribution is -0.130. The van der Waals surface area contributed by atoms with Crippen molar-refractivity contribution in [2.24, 2.45) is 11.1 Å². The number of amides is 1. The Balaban J connectivity index is 2.03. The summed E-state index contributed by atoms with van der Waals surface area (Å²) in [5, 5.41) is 14.6. The molecule has 1 aromatic carbocycles. The maximum Gasteiger partial charge on any atom is 0.223 e. The monoisotopic (exact) mass is 312 g/mol. The Morgan fingerprint density at radius 2 is 2.00 bits per heavy atom. The maximum atomic E-state index is 12.0. The van der Waals surface area contributed by atoms with E-state index in [0.717, 1.165) is 5.56 Å². The zero-order chi connectivity index (χ0) is 15.5. The Morgan fingerprint density at radius 3 is 2.57 bits per heavy atom. The molecule has 1 aliphatic rings. The van der Waals surface area contributed by atoms with Crippen molar-refractivity contribution in [3.63, 3.8) is 0 Å². The molecule has 0 radical (unpaired) electrons. The van der Waals surface area contributed by atoms with Gasteiger partial charge in [-0.1, -0.05) is 30.3 Å². The Hall–Kier alpha value is -1.44. The van der Waals surface area contributed by atoms with E-state index in [1.54, 1.807) is 4.90 Å². The van der Waals surface area contributed by atoms with E-state index in [-0.39, 0.29) is 36.6 Å². The van der Waals surface area contributed by atoms with Crippen LogP contribution in [0.4, 0.5) is 0 Å². The molecular weight excluding hydrogens is 292 g/mol. The lowest BCUT2D eigenvalue weighted by Gasteiger charge is -2.26. The highest BCUT2D eigenvalue weighted by Gasteiger charge is 2.35. The van der Waals surface area contributed by atoms with Crippen LogP contribution < -0.4 is 5.14 Å². The molecule has 0 bridgehead atoms. The van der Waals surface area contributed by atoms with Gasteiger partial charge in [-0.15, -0.1) is 0 Å². The van der Waals surface area contributed by atoms with Crippen LogP contribution in [-0.4, -0.2) is 49.3 Å². The molecule has 0 saturated carbocycles. The van der Waals surface area contributed by atoms with Crippen LogP contribution in [0.1, 0.15) is 12.0 Å². The molecule has 2 rings (SSSR count). The van der Waals surface area contributed by atoms with Crippen molar-refractivity contribution in [1.29, 1.82) is 0 Å². The van der Waals surface area contributed by atoms with Crippen LogP contribution in [0.15, 0.2) is 30.3 Å². The molecule has 1 fully saturated rings. The Bertz CT molecular complexity index is 588. The van der Waals surface area contributed by atoms with Crippen LogP contribution in [0.25, 0.3) is 0 Å². The second kappa shape index (κ2) is 6.55. The predicted octanol–water partition coefficient (Wildman–Crippen LogP) is -0.273. The number of nitrogens with zero attached hydrogens (tertiary/aromatic N) is 1. The third-order valence-electron chi connectivity index (χ3n) is 3.67. The number of rotatable bonds is 6. The first kappa shape index (κ1) is 15.9. The lowest BCUT2D eigenvalue weighted by atomic mass is 10.1. The number of aliphatic hydroxyl groups is 1. The lowest BCUT2D eigenvalue weighted by Crippen LogP contribution is -2.41. The summed E-state index contributed by atoms with van der Waals surface area (Å²) >= 11 is 0. The molecule has 21 heavy (non-hydrogen) atoms. The van der Waals surface area contributed by atoms with E-state index in [1.807, 2.05) is 30.3 Å². The third-order valence-corrected chi connectivity index (χ3v) is 4.61. The molecule has 0 spiro atoms. The summed E-state index contributed by atoms with van der Waals surface area (Å²) in [5.74, 6) is -0.616. The molecule has 116 valence electrons. The highest BCUT2D eigenvalue weighted by Crippen LogP contribution is 2.22. The topological polar surface area (TPSA) is 101 Å². The summed E-state index contributed by atoms with van der Waals surface area (Å²) < 4.78 is 22.3. The Kier molecular flexibility index (Phi) is 4.97. The van der Waals surface area contributed by atoms with Gasteiger partial charge in [0.2, 0.25) is 15.9 Å². The van der Waals surface area contributed by atoms with E-state index in [0.29, 0.717) is 13.0 Å². The van der Waals surface area contributed by atoms with E-state index in [1.165, 1.54) is 0 Å². The number of carbonyl (C=O) groups is 1. The van der Waals surface area contributed by atoms with Gasteiger partial charge in [-0.3, -0.25) is 4.79 Å². The quantitative estimate of drug-likeness (QED) is 0.755. The first-order chi connectivity index (χ1) is 9.89. The van der Waals surface area contributed by atoms with E-state index in [9.17, 15) is 18.3 Å². The predicted molar refractivity (Wildman–Crippen MR) is 78.8 cm³/mol. The average molecular weight is 312 g/mol. The van der Waals surface area contributed by atoms with Crippen molar-refractivity contribution in [2.45, 2.75) is 18.9 Å². The van der Waals surface area contributed by atoms with Crippen LogP contribution in [0.5, 0.6) is 0 Å². The smallest absolute Gasteiger partial charge is 0.223 e. The fraction of sp³-hybridized carbons (Fsp3) is 0.500. The number of sulfonamides is 1. The molecule has 7 heteroatoms. The highest BCUT2D eigenvalue weighted by molar-refractivity contribution is 7.89. The largest absolute Gasteiger partial charge is 0.394 e. The van der Waals surface area contributed by atoms with Gasteiger partial charge in [0.15, 0.2) is 0 Å². The number of nitrogens with two attached hydrogens (primary N) is 1. The van der Waals surface area contributed by atoms with Crippen molar-refractivity contribution in [3.8, 4) is 0 Å². The van der Waals surface area contributed by atoms with Gasteiger partial charge < -0.3 is 10.0 Å². The first-order valence-electron chi connectivity index (χ1n) is 6.84. The van der Waals surface area contributed by atoms with Crippen LogP contribution >= 0.6 is 0 Å². The van der Waals surface area contributed by atoms with Gasteiger partial charge in [-0.25, -0.2) is 13.6 Å². The fourth-order valence-electron chi connectivity index (χ4n) is 2.76. The number of aliphatic hydroxyl groups excluding tert-OH is 1. The van der Waals surface area contributed by atoms with Crippen molar-refractivity contribution >= 4 is 15.9 Å². The number of primary sulfonamides is 1. The van der Waals surface area contributed by atoms with Crippen molar-refractivity contribution < 1.29 is 18.3 Å². The third kappa shape index (κ3) is 4.52. The molecule has 1 saturated heterocycles. The summed E-state index contributed by atoms with van der Waals surface area (Å²) in [5.41, 5.74) is 1.03. The van der Waals surface area contributed by atoms with Crippen LogP contribution in [-0.2, 0) is 21.2 Å². The van der Waals surface area contributed by atoms with Crippen molar-refractivity contribution in [1.82, 2.24) is 4.90 Å². The molecule has 2 unspecified atom stereocenters. The minimum atomic E-state index is -3.59. The molecule has 1 amide bonds. The van der Waals surface area contributed by atoms with Gasteiger partial charge >= 0.3 is 0 Å². The number of hydrogen-bond acceptors (Lipinski definition) is 4. The average Bonchev–Trinajstić information content (AvgIpc) is 2.75. The highest BCUT2D eigenvalue weighted by atomic mass is 32.2. The van der Waals surface area contributed by atoms with Crippen molar-refractivity contribution in [2.75, 3.05) is 18.9 Å². The van der Waals surface area contributed by atoms with Crippen molar-refractivity contribution in [3.05, 3.63) is 35.9 Å². The second-order valence-corrected chi connectivity index (χ2v) is 7.13. The molecule has 3 N–H and O–H groups in total. The molecule has 2 atom stereocenters. The molecule has 6 nitrogen and oxygen atoms in total.